The summed E-state index contributed by atoms with van der Waals surface area (Å²) in [6.07, 6.45) is 0.368. The van der Waals surface area contributed by atoms with Crippen LogP contribution in [0.3, 0.4) is 0 Å². The third kappa shape index (κ3) is 4.57. The van der Waals surface area contributed by atoms with Crippen LogP contribution in [0.1, 0.15) is 34.3 Å². The first-order valence-corrected chi connectivity index (χ1v) is 7.03. The second-order valence-electron chi connectivity index (χ2n) is 4.87. The van der Waals surface area contributed by atoms with Gasteiger partial charge < -0.3 is 5.32 Å². The van der Waals surface area contributed by atoms with Gasteiger partial charge in [-0.3, -0.25) is 9.59 Å². The average molecular weight is 292 g/mol. The van der Waals surface area contributed by atoms with Gasteiger partial charge in [0.25, 0.3) is 0 Å². The summed E-state index contributed by atoms with van der Waals surface area (Å²) in [4.78, 5) is 23.6. The molecule has 0 radical (unpaired) electrons. The van der Waals surface area contributed by atoms with E-state index in [4.69, 9.17) is 5.26 Å². The largest absolute Gasteiger partial charge is 0.352 e. The normalized spacial score (nSPS) is 9.77. The number of ketones is 1. The molecule has 4 heteroatoms. The summed E-state index contributed by atoms with van der Waals surface area (Å²) in [5, 5.41) is 11.5. The molecule has 0 heterocycles. The van der Waals surface area contributed by atoms with Crippen LogP contribution < -0.4 is 5.32 Å². The van der Waals surface area contributed by atoms with Gasteiger partial charge in [-0.1, -0.05) is 42.5 Å². The lowest BCUT2D eigenvalue weighted by Gasteiger charge is -2.05. The van der Waals surface area contributed by atoms with E-state index in [2.05, 4.69) is 5.32 Å². The van der Waals surface area contributed by atoms with Crippen molar-refractivity contribution in [3.05, 3.63) is 71.3 Å². The van der Waals surface area contributed by atoms with E-state index in [0.717, 1.165) is 5.56 Å². The summed E-state index contributed by atoms with van der Waals surface area (Å²) in [5.74, 6) is -0.192. The summed E-state index contributed by atoms with van der Waals surface area (Å²) < 4.78 is 0. The average Bonchev–Trinajstić information content (AvgIpc) is 2.59. The van der Waals surface area contributed by atoms with Gasteiger partial charge in [-0.2, -0.15) is 5.26 Å². The Bertz CT molecular complexity index is 685. The molecule has 0 fully saturated rings. The Balaban J connectivity index is 1.76. The van der Waals surface area contributed by atoms with Crippen LogP contribution in [0, 0.1) is 11.3 Å². The van der Waals surface area contributed by atoms with Crippen molar-refractivity contribution in [2.24, 2.45) is 0 Å². The molecule has 0 aliphatic rings. The van der Waals surface area contributed by atoms with Crippen LogP contribution in [-0.2, 0) is 11.3 Å². The molecule has 0 unspecified atom stereocenters. The van der Waals surface area contributed by atoms with E-state index in [-0.39, 0.29) is 24.5 Å². The van der Waals surface area contributed by atoms with Crippen LogP contribution in [0.25, 0.3) is 0 Å². The maximum Gasteiger partial charge on any atom is 0.220 e. The molecule has 0 bridgehead atoms. The standard InChI is InChI=1S/C18H16N2O2/c19-12-14-6-8-15(9-7-14)13-20-18(22)11-10-17(21)16-4-2-1-3-5-16/h1-9H,10-11,13H2,(H,20,22). The van der Waals surface area contributed by atoms with Gasteiger partial charge in [-0.05, 0) is 17.7 Å². The topological polar surface area (TPSA) is 70.0 Å². The molecule has 1 N–H and O–H groups in total. The summed E-state index contributed by atoms with van der Waals surface area (Å²) in [6.45, 7) is 0.393. The van der Waals surface area contributed by atoms with Crippen LogP contribution in [0.2, 0.25) is 0 Å². The first kappa shape index (κ1) is 15.5. The van der Waals surface area contributed by atoms with Crippen molar-refractivity contribution >= 4 is 11.7 Å². The van der Waals surface area contributed by atoms with Gasteiger partial charge in [0.2, 0.25) is 5.91 Å². The number of nitrogens with zero attached hydrogens (tertiary/aromatic N) is 1. The van der Waals surface area contributed by atoms with Gasteiger partial charge in [0, 0.05) is 24.9 Å². The Hall–Kier alpha value is -2.93. The fraction of sp³-hybridized carbons (Fsp3) is 0.167. The highest BCUT2D eigenvalue weighted by Gasteiger charge is 2.08. The second-order valence-corrected chi connectivity index (χ2v) is 4.87. The molecule has 0 spiro atoms. The predicted molar refractivity (Wildman–Crippen MR) is 83.0 cm³/mol. The molecular weight excluding hydrogens is 276 g/mol. The number of hydrogen-bond donors (Lipinski definition) is 1. The van der Waals surface area contributed by atoms with E-state index in [1.54, 1.807) is 48.5 Å². The van der Waals surface area contributed by atoms with E-state index in [1.807, 2.05) is 12.1 Å². The SMILES string of the molecule is N#Cc1ccc(CNC(=O)CCC(=O)c2ccccc2)cc1. The molecule has 0 aromatic heterocycles. The number of nitriles is 1. The molecule has 4 nitrogen and oxygen atoms in total. The van der Waals surface area contributed by atoms with E-state index < -0.39 is 0 Å². The van der Waals surface area contributed by atoms with Gasteiger partial charge >= 0.3 is 0 Å². The first-order chi connectivity index (χ1) is 10.7. The molecule has 110 valence electrons. The van der Waals surface area contributed by atoms with Crippen LogP contribution in [-0.4, -0.2) is 11.7 Å². The molecule has 1 amide bonds. The van der Waals surface area contributed by atoms with Crippen molar-refractivity contribution in [1.29, 1.82) is 5.26 Å². The molecule has 0 saturated heterocycles. The molecule has 0 saturated carbocycles. The Kier molecular flexibility index (Phi) is 5.44. The molecule has 22 heavy (non-hydrogen) atoms. The zero-order chi connectivity index (χ0) is 15.8. The predicted octanol–water partition coefficient (Wildman–Crippen LogP) is 2.84. The number of rotatable bonds is 6. The third-order valence-corrected chi connectivity index (χ3v) is 3.25. The molecule has 0 aliphatic heterocycles. The number of carbonyl (C=O) groups is 2. The fourth-order valence-electron chi connectivity index (χ4n) is 1.98. The van der Waals surface area contributed by atoms with Gasteiger partial charge in [-0.15, -0.1) is 0 Å². The Labute approximate surface area is 129 Å². The highest BCUT2D eigenvalue weighted by Crippen LogP contribution is 2.06. The summed E-state index contributed by atoms with van der Waals surface area (Å²) in [6, 6.07) is 18.0. The molecule has 2 rings (SSSR count). The number of Topliss-reactive ketones (excluding diaryl/α,β-unsaturated/α-hetero) is 1. The highest BCUT2D eigenvalue weighted by atomic mass is 16.2. The smallest absolute Gasteiger partial charge is 0.220 e. The second kappa shape index (κ2) is 7.75. The number of nitrogens with one attached hydrogen (secondary N) is 1. The Morgan fingerprint density at radius 1 is 0.955 bits per heavy atom. The quantitative estimate of drug-likeness (QED) is 0.832. The van der Waals surface area contributed by atoms with Crippen molar-refractivity contribution < 1.29 is 9.59 Å². The maximum absolute atomic E-state index is 11.9. The molecular formula is C18H16N2O2. The van der Waals surface area contributed by atoms with Crippen LogP contribution in [0.5, 0.6) is 0 Å². The minimum absolute atomic E-state index is 0.0332. The summed E-state index contributed by atoms with van der Waals surface area (Å²) in [5.41, 5.74) is 2.13. The zero-order valence-corrected chi connectivity index (χ0v) is 12.1. The van der Waals surface area contributed by atoms with E-state index >= 15 is 0 Å². The van der Waals surface area contributed by atoms with Crippen molar-refractivity contribution in [2.45, 2.75) is 19.4 Å². The zero-order valence-electron chi connectivity index (χ0n) is 12.1. The van der Waals surface area contributed by atoms with Gasteiger partial charge in [-0.25, -0.2) is 0 Å². The summed E-state index contributed by atoms with van der Waals surface area (Å²) >= 11 is 0. The highest BCUT2D eigenvalue weighted by molar-refractivity contribution is 5.97. The minimum atomic E-state index is -0.159. The Morgan fingerprint density at radius 3 is 2.27 bits per heavy atom. The fourth-order valence-corrected chi connectivity index (χ4v) is 1.98. The molecule has 2 aromatic carbocycles. The van der Waals surface area contributed by atoms with E-state index in [0.29, 0.717) is 17.7 Å². The first-order valence-electron chi connectivity index (χ1n) is 7.03. The van der Waals surface area contributed by atoms with E-state index in [1.165, 1.54) is 0 Å². The third-order valence-electron chi connectivity index (χ3n) is 3.25. The van der Waals surface area contributed by atoms with E-state index in [9.17, 15) is 9.59 Å². The van der Waals surface area contributed by atoms with Gasteiger partial charge in [0.05, 0.1) is 11.6 Å². The van der Waals surface area contributed by atoms with Crippen LogP contribution in [0.15, 0.2) is 54.6 Å². The molecule has 0 atom stereocenters. The lowest BCUT2D eigenvalue weighted by Crippen LogP contribution is -2.23. The van der Waals surface area contributed by atoms with Crippen LogP contribution in [0.4, 0.5) is 0 Å². The van der Waals surface area contributed by atoms with Gasteiger partial charge in [0.1, 0.15) is 0 Å². The van der Waals surface area contributed by atoms with Gasteiger partial charge in [0.15, 0.2) is 5.78 Å². The Morgan fingerprint density at radius 2 is 1.64 bits per heavy atom. The maximum atomic E-state index is 11.9. The summed E-state index contributed by atoms with van der Waals surface area (Å²) in [7, 11) is 0. The molecule has 0 aliphatic carbocycles. The lowest BCUT2D eigenvalue weighted by atomic mass is 10.1. The number of carbonyl (C=O) groups excluding carboxylic acids is 2. The monoisotopic (exact) mass is 292 g/mol. The number of hydrogen-bond acceptors (Lipinski definition) is 3. The van der Waals surface area contributed by atoms with Crippen molar-refractivity contribution in [3.8, 4) is 6.07 Å². The number of amides is 1. The lowest BCUT2D eigenvalue weighted by molar-refractivity contribution is -0.121. The van der Waals surface area contributed by atoms with Crippen molar-refractivity contribution in [2.75, 3.05) is 0 Å². The van der Waals surface area contributed by atoms with Crippen LogP contribution >= 0.6 is 0 Å². The van der Waals surface area contributed by atoms with Crippen molar-refractivity contribution in [1.82, 2.24) is 5.32 Å². The number of benzene rings is 2. The molecule has 2 aromatic rings. The van der Waals surface area contributed by atoms with Crippen molar-refractivity contribution in [3.63, 3.8) is 0 Å². The minimum Gasteiger partial charge on any atom is -0.352 e.